The smallest absolute Gasteiger partial charge is 0.0335 e. The maximum absolute atomic E-state index is 6.33. The molecule has 1 aliphatic carbocycles. The summed E-state index contributed by atoms with van der Waals surface area (Å²) in [5.74, 6) is 2.33. The molecule has 0 aromatic carbocycles. The van der Waals surface area contributed by atoms with Gasteiger partial charge in [0.15, 0.2) is 0 Å². The molecule has 1 saturated carbocycles. The summed E-state index contributed by atoms with van der Waals surface area (Å²) in [6, 6.07) is 0. The van der Waals surface area contributed by atoms with Crippen molar-refractivity contribution in [3.63, 3.8) is 0 Å². The van der Waals surface area contributed by atoms with Crippen LogP contribution in [0.2, 0.25) is 0 Å². The van der Waals surface area contributed by atoms with Gasteiger partial charge in [0, 0.05) is 31.7 Å². The molecule has 0 saturated heterocycles. The quantitative estimate of drug-likeness (QED) is 0.747. The highest BCUT2D eigenvalue weighted by atomic mass is 15.2. The minimum atomic E-state index is 0.244. The van der Waals surface area contributed by atoms with Crippen molar-refractivity contribution in [3.8, 4) is 0 Å². The van der Waals surface area contributed by atoms with E-state index in [9.17, 15) is 0 Å². The van der Waals surface area contributed by atoms with Crippen LogP contribution >= 0.6 is 0 Å². The molecule has 0 heterocycles. The lowest BCUT2D eigenvalue weighted by Crippen LogP contribution is -2.58. The molecule has 0 aromatic heterocycles. The number of nitrogens with two attached hydrogens (primary N) is 1. The highest BCUT2D eigenvalue weighted by Crippen LogP contribution is 2.39. The van der Waals surface area contributed by atoms with Gasteiger partial charge in [0.25, 0.3) is 0 Å². The van der Waals surface area contributed by atoms with Crippen LogP contribution in [-0.2, 0) is 0 Å². The van der Waals surface area contributed by atoms with E-state index in [1.807, 2.05) is 0 Å². The number of hydrogen-bond acceptors (Lipinski definition) is 3. The third-order valence-corrected chi connectivity index (χ3v) is 5.26. The molecule has 2 atom stereocenters. The van der Waals surface area contributed by atoms with Crippen LogP contribution in [0.25, 0.3) is 0 Å². The van der Waals surface area contributed by atoms with E-state index in [1.165, 1.54) is 32.2 Å². The molecule has 0 amide bonds. The Bertz CT molecular complexity index is 288. The first-order valence-electron chi connectivity index (χ1n) is 8.90. The second-order valence-electron chi connectivity index (χ2n) is 8.17. The van der Waals surface area contributed by atoms with Gasteiger partial charge in [0.1, 0.15) is 0 Å². The van der Waals surface area contributed by atoms with Gasteiger partial charge in [-0.25, -0.2) is 0 Å². The summed E-state index contributed by atoms with van der Waals surface area (Å²) in [7, 11) is 4.33. The van der Waals surface area contributed by atoms with Crippen molar-refractivity contribution in [1.29, 1.82) is 0 Å². The van der Waals surface area contributed by atoms with E-state index >= 15 is 0 Å². The molecular formula is C18H39N3. The molecule has 0 bridgehead atoms. The fourth-order valence-corrected chi connectivity index (χ4v) is 3.84. The SMILES string of the molecule is CC(C)CN(CCN(C)C)C1(CN)CCCC(C(C)C)C1. The zero-order valence-electron chi connectivity index (χ0n) is 15.4. The van der Waals surface area contributed by atoms with Crippen molar-refractivity contribution in [1.82, 2.24) is 9.80 Å². The topological polar surface area (TPSA) is 32.5 Å². The number of rotatable bonds is 8. The number of nitrogens with zero attached hydrogens (tertiary/aromatic N) is 2. The Kier molecular flexibility index (Phi) is 7.66. The van der Waals surface area contributed by atoms with E-state index in [4.69, 9.17) is 5.73 Å². The zero-order chi connectivity index (χ0) is 16.0. The molecule has 3 nitrogen and oxygen atoms in total. The van der Waals surface area contributed by atoms with E-state index < -0.39 is 0 Å². The average Bonchev–Trinajstić information content (AvgIpc) is 2.42. The van der Waals surface area contributed by atoms with E-state index in [0.29, 0.717) is 5.92 Å². The van der Waals surface area contributed by atoms with Gasteiger partial charge in [-0.2, -0.15) is 0 Å². The molecular weight excluding hydrogens is 258 g/mol. The molecule has 1 aliphatic rings. The van der Waals surface area contributed by atoms with E-state index in [-0.39, 0.29) is 5.54 Å². The molecule has 21 heavy (non-hydrogen) atoms. The van der Waals surface area contributed by atoms with Gasteiger partial charge >= 0.3 is 0 Å². The zero-order valence-corrected chi connectivity index (χ0v) is 15.4. The van der Waals surface area contributed by atoms with Crippen molar-refractivity contribution in [3.05, 3.63) is 0 Å². The van der Waals surface area contributed by atoms with Crippen LogP contribution in [0, 0.1) is 17.8 Å². The third-order valence-electron chi connectivity index (χ3n) is 5.26. The normalized spacial score (nSPS) is 27.3. The Morgan fingerprint density at radius 2 is 1.81 bits per heavy atom. The molecule has 0 radical (unpaired) electrons. The Balaban J connectivity index is 2.86. The highest BCUT2D eigenvalue weighted by molar-refractivity contribution is 4.97. The lowest BCUT2D eigenvalue weighted by atomic mass is 9.70. The molecule has 126 valence electrons. The molecule has 3 heteroatoms. The van der Waals surface area contributed by atoms with Crippen molar-refractivity contribution >= 4 is 0 Å². The Morgan fingerprint density at radius 3 is 2.29 bits per heavy atom. The fourth-order valence-electron chi connectivity index (χ4n) is 3.84. The van der Waals surface area contributed by atoms with E-state index in [1.54, 1.807) is 0 Å². The van der Waals surface area contributed by atoms with Gasteiger partial charge in [-0.15, -0.1) is 0 Å². The lowest BCUT2D eigenvalue weighted by Gasteiger charge is -2.50. The molecule has 2 unspecified atom stereocenters. The number of hydrogen-bond donors (Lipinski definition) is 1. The van der Waals surface area contributed by atoms with Gasteiger partial charge in [-0.1, -0.05) is 40.5 Å². The molecule has 1 rings (SSSR count). The van der Waals surface area contributed by atoms with Crippen LogP contribution in [0.15, 0.2) is 0 Å². The molecule has 1 fully saturated rings. The summed E-state index contributed by atoms with van der Waals surface area (Å²) in [6.07, 6.45) is 5.31. The van der Waals surface area contributed by atoms with Gasteiger partial charge in [0.05, 0.1) is 0 Å². The Hall–Kier alpha value is -0.120. The van der Waals surface area contributed by atoms with Gasteiger partial charge in [-0.3, -0.25) is 4.90 Å². The predicted molar refractivity (Wildman–Crippen MR) is 93.5 cm³/mol. The first kappa shape index (κ1) is 18.9. The summed E-state index contributed by atoms with van der Waals surface area (Å²) in [6.45, 7) is 13.7. The maximum Gasteiger partial charge on any atom is 0.0335 e. The second kappa shape index (κ2) is 8.50. The molecule has 2 N–H and O–H groups in total. The van der Waals surface area contributed by atoms with Crippen LogP contribution < -0.4 is 5.73 Å². The number of likely N-dealkylation sites (N-methyl/N-ethyl adjacent to an activating group) is 1. The standard InChI is InChI=1S/C18H39N3/c1-15(2)13-21(11-10-20(5)6)18(14-19)9-7-8-17(12-18)16(3)4/h15-17H,7-14,19H2,1-6H3. The monoisotopic (exact) mass is 297 g/mol. The minimum Gasteiger partial charge on any atom is -0.329 e. The summed E-state index contributed by atoms with van der Waals surface area (Å²) in [5.41, 5.74) is 6.57. The molecule has 0 spiro atoms. The predicted octanol–water partition coefficient (Wildman–Crippen LogP) is 3.05. The van der Waals surface area contributed by atoms with Crippen molar-refractivity contribution in [2.24, 2.45) is 23.5 Å². The lowest BCUT2D eigenvalue weighted by molar-refractivity contribution is 0.0137. The first-order chi connectivity index (χ1) is 9.80. The second-order valence-corrected chi connectivity index (χ2v) is 8.17. The fraction of sp³-hybridized carbons (Fsp3) is 1.00. The van der Waals surface area contributed by atoms with Gasteiger partial charge in [0.2, 0.25) is 0 Å². The van der Waals surface area contributed by atoms with E-state index in [2.05, 4.69) is 51.6 Å². The van der Waals surface area contributed by atoms with Gasteiger partial charge < -0.3 is 10.6 Å². The van der Waals surface area contributed by atoms with Crippen molar-refractivity contribution in [2.45, 2.75) is 58.9 Å². The highest BCUT2D eigenvalue weighted by Gasteiger charge is 2.40. The van der Waals surface area contributed by atoms with Crippen LogP contribution in [-0.4, -0.2) is 55.6 Å². The Labute approximate surface area is 133 Å². The summed E-state index contributed by atoms with van der Waals surface area (Å²) in [5, 5.41) is 0. The van der Waals surface area contributed by atoms with Crippen LogP contribution in [0.5, 0.6) is 0 Å². The van der Waals surface area contributed by atoms with Crippen molar-refractivity contribution < 1.29 is 0 Å². The average molecular weight is 298 g/mol. The van der Waals surface area contributed by atoms with Crippen LogP contribution in [0.4, 0.5) is 0 Å². The molecule has 0 aromatic rings. The van der Waals surface area contributed by atoms with E-state index in [0.717, 1.165) is 31.5 Å². The first-order valence-corrected chi connectivity index (χ1v) is 8.90. The third kappa shape index (κ3) is 5.54. The van der Waals surface area contributed by atoms with Crippen LogP contribution in [0.3, 0.4) is 0 Å². The van der Waals surface area contributed by atoms with Crippen LogP contribution in [0.1, 0.15) is 53.4 Å². The molecule has 0 aliphatic heterocycles. The minimum absolute atomic E-state index is 0.244. The summed E-state index contributed by atoms with van der Waals surface area (Å²) < 4.78 is 0. The van der Waals surface area contributed by atoms with Crippen molar-refractivity contribution in [2.75, 3.05) is 40.3 Å². The van der Waals surface area contributed by atoms with Gasteiger partial charge in [-0.05, 0) is 44.7 Å². The summed E-state index contributed by atoms with van der Waals surface area (Å²) in [4.78, 5) is 5.02. The Morgan fingerprint density at radius 1 is 1.14 bits per heavy atom. The summed E-state index contributed by atoms with van der Waals surface area (Å²) >= 11 is 0. The largest absolute Gasteiger partial charge is 0.329 e. The maximum atomic E-state index is 6.33.